The molecule has 3 N–H and O–H groups in total. The zero-order valence-corrected chi connectivity index (χ0v) is 26.0. The van der Waals surface area contributed by atoms with Crippen LogP contribution < -0.4 is 15.3 Å². The van der Waals surface area contributed by atoms with Crippen molar-refractivity contribution in [3.63, 3.8) is 0 Å². The SMILES string of the molecule is CC(=O)[C@@](O)(CC(=O)[O-])C[N+](C)(C)C.CCC(=O)[C@@](O)(CC(=O)[O-])C[N+](C)(C)C.C[N+](C)(C)C[C@H](O)CC(=O)[O-]. The molecule has 0 aliphatic rings. The van der Waals surface area contributed by atoms with E-state index in [1.807, 2.05) is 21.1 Å². The molecule has 236 valence electrons. The third-order valence-electron chi connectivity index (χ3n) is 5.00. The van der Waals surface area contributed by atoms with Crippen molar-refractivity contribution in [2.24, 2.45) is 0 Å². The lowest BCUT2D eigenvalue weighted by Gasteiger charge is -2.34. The molecule has 0 rings (SSSR count). The Bertz CT molecular complexity index is 857. The van der Waals surface area contributed by atoms with Crippen LogP contribution in [0.2, 0.25) is 0 Å². The molecule has 0 heterocycles. The summed E-state index contributed by atoms with van der Waals surface area (Å²) in [5.74, 6) is -5.04. The van der Waals surface area contributed by atoms with Gasteiger partial charge in [-0.2, -0.15) is 0 Å². The van der Waals surface area contributed by atoms with Crippen LogP contribution in [0.25, 0.3) is 0 Å². The molecule has 40 heavy (non-hydrogen) atoms. The van der Waals surface area contributed by atoms with E-state index in [1.165, 1.54) is 6.92 Å². The quantitative estimate of drug-likeness (QED) is 0.155. The molecule has 0 saturated heterocycles. The van der Waals surface area contributed by atoms with Gasteiger partial charge in [-0.25, -0.2) is 0 Å². The normalized spacial score (nSPS) is 15.6. The lowest BCUT2D eigenvalue weighted by Crippen LogP contribution is -2.55. The number of ketones is 2. The maximum absolute atomic E-state index is 11.5. The van der Waals surface area contributed by atoms with Crippen molar-refractivity contribution in [3.8, 4) is 0 Å². The summed E-state index contributed by atoms with van der Waals surface area (Å²) in [4.78, 5) is 53.5. The van der Waals surface area contributed by atoms with Crippen molar-refractivity contribution in [1.29, 1.82) is 0 Å². The van der Waals surface area contributed by atoms with Crippen LogP contribution in [0, 0.1) is 0 Å². The number of carbonyl (C=O) groups excluding carboxylic acids is 5. The number of aliphatic carboxylic acids is 3. The van der Waals surface area contributed by atoms with E-state index in [1.54, 1.807) is 49.2 Å². The number of carbonyl (C=O) groups is 5. The molecular formula is C26H51N3O11. The predicted octanol–water partition coefficient (Wildman–Crippen LogP) is -5.11. The molecule has 14 nitrogen and oxygen atoms in total. The minimum absolute atomic E-state index is 0.0519. The first-order valence-electron chi connectivity index (χ1n) is 12.7. The highest BCUT2D eigenvalue weighted by atomic mass is 16.4. The first-order valence-corrected chi connectivity index (χ1v) is 12.7. The molecule has 0 aromatic carbocycles. The van der Waals surface area contributed by atoms with Crippen molar-refractivity contribution in [2.75, 3.05) is 83.1 Å². The monoisotopic (exact) mass is 581 g/mol. The van der Waals surface area contributed by atoms with Gasteiger partial charge in [-0.3, -0.25) is 9.59 Å². The summed E-state index contributed by atoms with van der Waals surface area (Å²) in [6.45, 7) is 3.31. The van der Waals surface area contributed by atoms with Gasteiger partial charge in [-0.15, -0.1) is 0 Å². The summed E-state index contributed by atoms with van der Waals surface area (Å²) >= 11 is 0. The van der Waals surface area contributed by atoms with Crippen LogP contribution in [0.15, 0.2) is 0 Å². The fraction of sp³-hybridized carbons (Fsp3) is 0.808. The number of rotatable bonds is 15. The molecule has 3 atom stereocenters. The van der Waals surface area contributed by atoms with E-state index >= 15 is 0 Å². The molecule has 0 aliphatic heterocycles. The van der Waals surface area contributed by atoms with Gasteiger partial charge in [-0.05, 0) is 6.92 Å². The van der Waals surface area contributed by atoms with Crippen molar-refractivity contribution >= 4 is 29.5 Å². The lowest BCUT2D eigenvalue weighted by molar-refractivity contribution is -0.875. The highest BCUT2D eigenvalue weighted by molar-refractivity contribution is 5.90. The molecule has 0 unspecified atom stereocenters. The number of carboxylic acids is 3. The number of hydrogen-bond acceptors (Lipinski definition) is 11. The van der Waals surface area contributed by atoms with Gasteiger partial charge in [0, 0.05) is 43.6 Å². The van der Waals surface area contributed by atoms with Gasteiger partial charge in [-0.1, -0.05) is 6.92 Å². The van der Waals surface area contributed by atoms with Crippen LogP contribution in [-0.4, -0.2) is 159 Å². The van der Waals surface area contributed by atoms with Crippen molar-refractivity contribution in [2.45, 2.75) is 56.8 Å². The Morgan fingerprint density at radius 1 is 0.675 bits per heavy atom. The van der Waals surface area contributed by atoms with Gasteiger partial charge in [0.2, 0.25) is 0 Å². The Hall–Kier alpha value is -2.49. The summed E-state index contributed by atoms with van der Waals surface area (Å²) in [6.07, 6.45) is -2.27. The second-order valence-corrected chi connectivity index (χ2v) is 13.1. The molecule has 0 spiro atoms. The molecule has 0 fully saturated rings. The van der Waals surface area contributed by atoms with Crippen LogP contribution >= 0.6 is 0 Å². The third-order valence-corrected chi connectivity index (χ3v) is 5.00. The van der Waals surface area contributed by atoms with Crippen LogP contribution in [-0.2, 0) is 24.0 Å². The maximum Gasteiger partial charge on any atom is 0.177 e. The molecule has 0 bridgehead atoms. The standard InChI is InChI=1S/C10H19NO4.C9H17NO4.C7H15NO3/c1-5-8(12)10(15,6-9(13)14)7-11(2,3)4;1-7(11)9(14,5-8(12)13)6-10(2,3)4;1-8(2,3)5-6(9)4-7(10)11/h15H,5-7H2,1-4H3;14H,5-6H2,1-4H3;6,9H,4-5H2,1-3H3/t10-;9-;6-/m111/s1. The zero-order chi connectivity index (χ0) is 32.9. The predicted molar refractivity (Wildman–Crippen MR) is 139 cm³/mol. The molecule has 0 aliphatic carbocycles. The summed E-state index contributed by atoms with van der Waals surface area (Å²) in [7, 11) is 16.3. The molecule has 0 radical (unpaired) electrons. The lowest BCUT2D eigenvalue weighted by atomic mass is 9.91. The third kappa shape index (κ3) is 23.4. The summed E-state index contributed by atoms with van der Waals surface area (Å²) in [6, 6.07) is 0. The van der Waals surface area contributed by atoms with Gasteiger partial charge < -0.3 is 58.5 Å². The summed E-state index contributed by atoms with van der Waals surface area (Å²) in [5, 5.41) is 59.8. The van der Waals surface area contributed by atoms with E-state index in [4.69, 9.17) is 5.11 Å². The van der Waals surface area contributed by atoms with Crippen molar-refractivity contribution in [3.05, 3.63) is 0 Å². The number of aliphatic hydroxyl groups excluding tert-OH is 1. The molecule has 0 aromatic heterocycles. The van der Waals surface area contributed by atoms with Crippen LogP contribution in [0.4, 0.5) is 0 Å². The Kier molecular flexibility index (Phi) is 17.5. The topological polar surface area (TPSA) is 215 Å². The van der Waals surface area contributed by atoms with E-state index in [0.717, 1.165) is 0 Å². The smallest absolute Gasteiger partial charge is 0.177 e. The van der Waals surface area contributed by atoms with E-state index < -0.39 is 59.6 Å². The molecule has 14 heteroatoms. The first-order chi connectivity index (χ1) is 17.5. The van der Waals surface area contributed by atoms with E-state index in [0.29, 0.717) is 20.0 Å². The second kappa shape index (κ2) is 16.7. The van der Waals surface area contributed by atoms with Crippen molar-refractivity contribution < 1.29 is 68.1 Å². The van der Waals surface area contributed by atoms with E-state index in [9.17, 15) is 49.5 Å². The number of carboxylic acid groups (broad SMARTS) is 3. The fourth-order valence-electron chi connectivity index (χ4n) is 3.80. The second-order valence-electron chi connectivity index (χ2n) is 13.1. The Morgan fingerprint density at radius 2 is 1.02 bits per heavy atom. The Balaban J connectivity index is -0.000000520. The molecule has 0 amide bonds. The van der Waals surface area contributed by atoms with Gasteiger partial charge in [0.25, 0.3) is 0 Å². The number of nitrogens with zero attached hydrogens (tertiary/aromatic N) is 3. The number of aliphatic hydroxyl groups is 3. The zero-order valence-electron chi connectivity index (χ0n) is 26.0. The van der Waals surface area contributed by atoms with Gasteiger partial charge >= 0.3 is 0 Å². The molecule has 0 saturated carbocycles. The fourth-order valence-corrected chi connectivity index (χ4v) is 3.80. The van der Waals surface area contributed by atoms with Gasteiger partial charge in [0.1, 0.15) is 25.7 Å². The minimum atomic E-state index is -1.82. The first kappa shape index (κ1) is 42.0. The Labute approximate surface area is 237 Å². The Morgan fingerprint density at radius 3 is 1.27 bits per heavy atom. The highest BCUT2D eigenvalue weighted by Crippen LogP contribution is 2.17. The largest absolute Gasteiger partial charge is 0.550 e. The van der Waals surface area contributed by atoms with E-state index in [-0.39, 0.29) is 25.9 Å². The average Bonchev–Trinajstić information content (AvgIpc) is 2.61. The minimum Gasteiger partial charge on any atom is -0.550 e. The number of hydrogen-bond donors (Lipinski definition) is 3. The van der Waals surface area contributed by atoms with Crippen LogP contribution in [0.3, 0.4) is 0 Å². The van der Waals surface area contributed by atoms with E-state index in [2.05, 4.69) is 0 Å². The van der Waals surface area contributed by atoms with Gasteiger partial charge in [0.05, 0.1) is 63.4 Å². The number of quaternary nitrogens is 3. The van der Waals surface area contributed by atoms with Crippen LogP contribution in [0.1, 0.15) is 39.5 Å². The van der Waals surface area contributed by atoms with Crippen molar-refractivity contribution in [1.82, 2.24) is 0 Å². The number of Topliss-reactive ketones (excluding diaryl/α,β-unsaturated/α-hetero) is 2. The van der Waals surface area contributed by atoms with Crippen LogP contribution in [0.5, 0.6) is 0 Å². The highest BCUT2D eigenvalue weighted by Gasteiger charge is 2.40. The molecular weight excluding hydrogens is 530 g/mol. The number of likely N-dealkylation sites (N-methyl/N-ethyl adjacent to an activating group) is 3. The van der Waals surface area contributed by atoms with Gasteiger partial charge in [0.15, 0.2) is 22.8 Å². The maximum atomic E-state index is 11.5. The average molecular weight is 582 g/mol. The molecule has 0 aromatic rings. The summed E-state index contributed by atoms with van der Waals surface area (Å²) in [5.41, 5.74) is -3.64. The summed E-state index contributed by atoms with van der Waals surface area (Å²) < 4.78 is 1.17.